The van der Waals surface area contributed by atoms with E-state index >= 15 is 0 Å². The Labute approximate surface area is 134 Å². The summed E-state index contributed by atoms with van der Waals surface area (Å²) in [6.45, 7) is 8.65. The zero-order valence-electron chi connectivity index (χ0n) is 13.6. The van der Waals surface area contributed by atoms with Crippen LogP contribution in [0.2, 0.25) is 0 Å². The number of nitrogens with two attached hydrogens (primary N) is 1. The van der Waals surface area contributed by atoms with Crippen LogP contribution in [0.3, 0.4) is 0 Å². The standard InChI is InChI=1S/C15H29N3O2.ClH/c1-14(2,3)13(20)17-9-5-6-12(19)18-15(4,10-16)11-7-8-11;/h11H,5-10,16H2,1-4H3,(H,17,20)(H,18,19);1H. The molecule has 6 heteroatoms. The topological polar surface area (TPSA) is 84.2 Å². The fraction of sp³-hybridized carbons (Fsp3) is 0.867. The fourth-order valence-corrected chi connectivity index (χ4v) is 2.14. The zero-order valence-corrected chi connectivity index (χ0v) is 14.4. The van der Waals surface area contributed by atoms with Crippen LogP contribution in [0.5, 0.6) is 0 Å². The van der Waals surface area contributed by atoms with Gasteiger partial charge in [-0.15, -0.1) is 12.4 Å². The molecule has 1 rings (SSSR count). The second kappa shape index (κ2) is 7.99. The molecular weight excluding hydrogens is 290 g/mol. The van der Waals surface area contributed by atoms with Gasteiger partial charge in [-0.2, -0.15) is 0 Å². The summed E-state index contributed by atoms with van der Waals surface area (Å²) < 4.78 is 0. The Bertz CT molecular complexity index is 364. The summed E-state index contributed by atoms with van der Waals surface area (Å²) in [5.41, 5.74) is 5.13. The van der Waals surface area contributed by atoms with Crippen LogP contribution in [-0.4, -0.2) is 30.4 Å². The fourth-order valence-electron chi connectivity index (χ4n) is 2.14. The summed E-state index contributed by atoms with van der Waals surface area (Å²) in [6, 6.07) is 0. The van der Waals surface area contributed by atoms with Crippen LogP contribution in [0.4, 0.5) is 0 Å². The van der Waals surface area contributed by atoms with Crippen molar-refractivity contribution < 1.29 is 9.59 Å². The second-order valence-corrected chi connectivity index (χ2v) is 7.05. The first-order valence-electron chi connectivity index (χ1n) is 7.48. The molecule has 124 valence electrons. The molecule has 0 aromatic heterocycles. The van der Waals surface area contributed by atoms with E-state index in [1.54, 1.807) is 0 Å². The van der Waals surface area contributed by atoms with Crippen molar-refractivity contribution in [2.45, 2.75) is 58.9 Å². The molecule has 0 saturated heterocycles. The van der Waals surface area contributed by atoms with Gasteiger partial charge >= 0.3 is 0 Å². The van der Waals surface area contributed by atoms with Crippen molar-refractivity contribution in [2.75, 3.05) is 13.1 Å². The minimum Gasteiger partial charge on any atom is -0.356 e. The highest BCUT2D eigenvalue weighted by atomic mass is 35.5. The Morgan fingerprint density at radius 1 is 1.19 bits per heavy atom. The Hall–Kier alpha value is -0.810. The average Bonchev–Trinajstić information content (AvgIpc) is 3.17. The minimum absolute atomic E-state index is 0. The molecule has 5 nitrogen and oxygen atoms in total. The number of rotatable bonds is 7. The lowest BCUT2D eigenvalue weighted by atomic mass is 9.95. The lowest BCUT2D eigenvalue weighted by molar-refractivity contribution is -0.129. The van der Waals surface area contributed by atoms with E-state index in [1.807, 2.05) is 27.7 Å². The summed E-state index contributed by atoms with van der Waals surface area (Å²) in [7, 11) is 0. The summed E-state index contributed by atoms with van der Waals surface area (Å²) in [5, 5.41) is 5.89. The van der Waals surface area contributed by atoms with Gasteiger partial charge in [-0.05, 0) is 32.1 Å². The lowest BCUT2D eigenvalue weighted by Crippen LogP contribution is -2.53. The highest BCUT2D eigenvalue weighted by Crippen LogP contribution is 2.38. The van der Waals surface area contributed by atoms with E-state index in [-0.39, 0.29) is 35.2 Å². The van der Waals surface area contributed by atoms with Gasteiger partial charge in [0.15, 0.2) is 0 Å². The molecule has 1 fully saturated rings. The minimum atomic E-state index is -0.383. The largest absolute Gasteiger partial charge is 0.356 e. The summed E-state index contributed by atoms with van der Waals surface area (Å²) in [5.74, 6) is 0.564. The first-order valence-corrected chi connectivity index (χ1v) is 7.48. The first-order chi connectivity index (χ1) is 9.19. The Morgan fingerprint density at radius 2 is 1.76 bits per heavy atom. The molecular formula is C15H30ClN3O2. The number of halogens is 1. The number of nitrogens with one attached hydrogen (secondary N) is 2. The van der Waals surface area contributed by atoms with Gasteiger partial charge in [-0.1, -0.05) is 20.8 Å². The van der Waals surface area contributed by atoms with Crippen molar-refractivity contribution in [3.05, 3.63) is 0 Å². The molecule has 1 atom stereocenters. The summed E-state index contributed by atoms with van der Waals surface area (Å²) in [4.78, 5) is 23.6. The molecule has 0 spiro atoms. The number of carbonyl (C=O) groups is 2. The van der Waals surface area contributed by atoms with E-state index in [0.717, 1.165) is 12.8 Å². The van der Waals surface area contributed by atoms with Crippen LogP contribution in [0.25, 0.3) is 0 Å². The smallest absolute Gasteiger partial charge is 0.225 e. The van der Waals surface area contributed by atoms with Crippen molar-refractivity contribution in [3.63, 3.8) is 0 Å². The van der Waals surface area contributed by atoms with Gasteiger partial charge in [0.2, 0.25) is 11.8 Å². The Morgan fingerprint density at radius 3 is 2.19 bits per heavy atom. The molecule has 1 aliphatic rings. The van der Waals surface area contributed by atoms with Gasteiger partial charge in [0.1, 0.15) is 0 Å². The highest BCUT2D eigenvalue weighted by molar-refractivity contribution is 5.85. The van der Waals surface area contributed by atoms with Gasteiger partial charge in [-0.3, -0.25) is 9.59 Å². The summed E-state index contributed by atoms with van der Waals surface area (Å²) in [6.07, 6.45) is 3.37. The zero-order chi connectivity index (χ0) is 15.4. The molecule has 1 saturated carbocycles. The number of hydrogen-bond donors (Lipinski definition) is 3. The van der Waals surface area contributed by atoms with E-state index in [2.05, 4.69) is 10.6 Å². The highest BCUT2D eigenvalue weighted by Gasteiger charge is 2.41. The van der Waals surface area contributed by atoms with Gasteiger partial charge in [-0.25, -0.2) is 0 Å². The molecule has 0 aliphatic heterocycles. The Balaban J connectivity index is 0.00000400. The van der Waals surface area contributed by atoms with E-state index in [1.165, 1.54) is 0 Å². The van der Waals surface area contributed by atoms with E-state index < -0.39 is 0 Å². The molecule has 0 aromatic rings. The maximum absolute atomic E-state index is 11.9. The van der Waals surface area contributed by atoms with Crippen LogP contribution < -0.4 is 16.4 Å². The predicted molar refractivity (Wildman–Crippen MR) is 87.3 cm³/mol. The van der Waals surface area contributed by atoms with Crippen molar-refractivity contribution in [1.82, 2.24) is 10.6 Å². The molecule has 0 radical (unpaired) electrons. The number of amides is 2. The van der Waals surface area contributed by atoms with Crippen LogP contribution in [0.1, 0.15) is 53.4 Å². The number of hydrogen-bond acceptors (Lipinski definition) is 3. The van der Waals surface area contributed by atoms with Crippen molar-refractivity contribution in [2.24, 2.45) is 17.1 Å². The second-order valence-electron chi connectivity index (χ2n) is 7.05. The molecule has 0 bridgehead atoms. The van der Waals surface area contributed by atoms with E-state index in [4.69, 9.17) is 5.73 Å². The maximum Gasteiger partial charge on any atom is 0.225 e. The third-order valence-corrected chi connectivity index (χ3v) is 3.87. The van der Waals surface area contributed by atoms with Crippen LogP contribution in [0.15, 0.2) is 0 Å². The van der Waals surface area contributed by atoms with Crippen molar-refractivity contribution >= 4 is 24.2 Å². The van der Waals surface area contributed by atoms with E-state index in [9.17, 15) is 9.59 Å². The van der Waals surface area contributed by atoms with Gasteiger partial charge in [0.05, 0.1) is 5.54 Å². The molecule has 4 N–H and O–H groups in total. The third kappa shape index (κ3) is 6.66. The number of carbonyl (C=O) groups excluding carboxylic acids is 2. The molecule has 0 heterocycles. The summed E-state index contributed by atoms with van der Waals surface area (Å²) >= 11 is 0. The van der Waals surface area contributed by atoms with Crippen LogP contribution in [-0.2, 0) is 9.59 Å². The van der Waals surface area contributed by atoms with Gasteiger partial charge in [0, 0.05) is 24.9 Å². The van der Waals surface area contributed by atoms with Gasteiger partial charge < -0.3 is 16.4 Å². The van der Waals surface area contributed by atoms with Crippen LogP contribution in [0, 0.1) is 11.3 Å². The SMILES string of the molecule is CC(C)(C)C(=O)NCCCC(=O)NC(C)(CN)C1CC1.Cl. The monoisotopic (exact) mass is 319 g/mol. The normalized spacial score (nSPS) is 17.4. The first kappa shape index (κ1) is 20.2. The van der Waals surface area contributed by atoms with Gasteiger partial charge in [0.25, 0.3) is 0 Å². The van der Waals surface area contributed by atoms with Crippen molar-refractivity contribution in [3.8, 4) is 0 Å². The van der Waals surface area contributed by atoms with E-state index in [0.29, 0.717) is 31.8 Å². The Kier molecular flexibility index (Phi) is 7.68. The quantitative estimate of drug-likeness (QED) is 0.623. The third-order valence-electron chi connectivity index (χ3n) is 3.87. The molecule has 1 unspecified atom stereocenters. The molecule has 21 heavy (non-hydrogen) atoms. The van der Waals surface area contributed by atoms with Crippen LogP contribution >= 0.6 is 12.4 Å². The average molecular weight is 320 g/mol. The predicted octanol–water partition coefficient (Wildman–Crippen LogP) is 1.59. The molecule has 2 amide bonds. The molecule has 0 aromatic carbocycles. The maximum atomic E-state index is 11.9. The van der Waals surface area contributed by atoms with Crippen molar-refractivity contribution in [1.29, 1.82) is 0 Å². The lowest BCUT2D eigenvalue weighted by Gasteiger charge is -2.29. The molecule has 1 aliphatic carbocycles.